The van der Waals surface area contributed by atoms with Gasteiger partial charge in [0.2, 0.25) is 0 Å². The van der Waals surface area contributed by atoms with E-state index in [0.29, 0.717) is 12.5 Å². The van der Waals surface area contributed by atoms with Gasteiger partial charge in [-0.1, -0.05) is 5.16 Å². The number of hydrogen-bond acceptors (Lipinski definition) is 4. The molecule has 0 aromatic carbocycles. The molecule has 0 atom stereocenters. The molecule has 0 aliphatic rings. The van der Waals surface area contributed by atoms with Crippen LogP contribution in [0.15, 0.2) is 5.16 Å². The fourth-order valence-corrected chi connectivity index (χ4v) is 1.26. The first-order valence-corrected chi connectivity index (χ1v) is 5.95. The van der Waals surface area contributed by atoms with Crippen LogP contribution in [0.4, 0.5) is 0 Å². The molecule has 5 nitrogen and oxygen atoms in total. The van der Waals surface area contributed by atoms with E-state index in [4.69, 9.17) is 10.9 Å². The highest BCUT2D eigenvalue weighted by Gasteiger charge is 2.01. The summed E-state index contributed by atoms with van der Waals surface area (Å²) >= 11 is 0. The van der Waals surface area contributed by atoms with E-state index in [1.165, 1.54) is 6.42 Å². The van der Waals surface area contributed by atoms with Gasteiger partial charge in [0.25, 0.3) is 0 Å². The van der Waals surface area contributed by atoms with Crippen molar-refractivity contribution >= 4 is 5.84 Å². The maximum absolute atomic E-state index is 8.32. The molecule has 0 radical (unpaired) electrons. The van der Waals surface area contributed by atoms with Gasteiger partial charge in [-0.25, -0.2) is 0 Å². The number of amidine groups is 1. The molecule has 0 fully saturated rings. The predicted octanol–water partition coefficient (Wildman–Crippen LogP) is 0.833. The molecule has 4 N–H and O–H groups in total. The largest absolute Gasteiger partial charge is 0.409 e. The third kappa shape index (κ3) is 8.49. The number of nitrogens with two attached hydrogens (primary N) is 1. The Hall–Kier alpha value is -0.810. The minimum Gasteiger partial charge on any atom is -0.409 e. The van der Waals surface area contributed by atoms with Gasteiger partial charge in [0.05, 0.1) is 0 Å². The van der Waals surface area contributed by atoms with Crippen molar-refractivity contribution in [1.29, 1.82) is 0 Å². The molecule has 5 heteroatoms. The molecule has 16 heavy (non-hydrogen) atoms. The zero-order valence-corrected chi connectivity index (χ0v) is 10.7. The lowest BCUT2D eigenvalue weighted by Crippen LogP contribution is -2.28. The maximum atomic E-state index is 8.32. The van der Waals surface area contributed by atoms with Crippen molar-refractivity contribution in [2.75, 3.05) is 26.7 Å². The molecular formula is C11H26N4O. The van der Waals surface area contributed by atoms with E-state index in [0.717, 1.165) is 26.1 Å². The summed E-state index contributed by atoms with van der Waals surface area (Å²) in [4.78, 5) is 2.34. The van der Waals surface area contributed by atoms with Crippen LogP contribution < -0.4 is 11.1 Å². The van der Waals surface area contributed by atoms with E-state index >= 15 is 0 Å². The molecule has 0 amide bonds. The number of nitrogens with zero attached hydrogens (tertiary/aromatic N) is 2. The number of hydrogen-bond donors (Lipinski definition) is 3. The minimum atomic E-state index is 0.284. The first kappa shape index (κ1) is 15.2. The Morgan fingerprint density at radius 1 is 1.38 bits per heavy atom. The Kier molecular flexibility index (Phi) is 8.94. The summed E-state index contributed by atoms with van der Waals surface area (Å²) in [5.74, 6) is 0.284. The van der Waals surface area contributed by atoms with Crippen molar-refractivity contribution in [1.82, 2.24) is 10.2 Å². The number of rotatable bonds is 9. The van der Waals surface area contributed by atoms with Crippen molar-refractivity contribution in [3.63, 3.8) is 0 Å². The molecule has 96 valence electrons. The van der Waals surface area contributed by atoms with Crippen molar-refractivity contribution in [3.8, 4) is 0 Å². The molecular weight excluding hydrogens is 204 g/mol. The Morgan fingerprint density at radius 3 is 2.62 bits per heavy atom. The van der Waals surface area contributed by atoms with Crippen LogP contribution in [0.25, 0.3) is 0 Å². The molecule has 0 heterocycles. The molecule has 0 spiro atoms. The Labute approximate surface area is 98.7 Å². The van der Waals surface area contributed by atoms with Gasteiger partial charge in [0, 0.05) is 19.0 Å². The molecule has 0 bridgehead atoms. The molecule has 0 saturated carbocycles. The first-order valence-electron chi connectivity index (χ1n) is 5.95. The highest BCUT2D eigenvalue weighted by molar-refractivity contribution is 5.79. The fourth-order valence-electron chi connectivity index (χ4n) is 1.26. The van der Waals surface area contributed by atoms with Crippen LogP contribution in [0.1, 0.15) is 33.1 Å². The summed E-state index contributed by atoms with van der Waals surface area (Å²) in [6, 6.07) is 0.619. The standard InChI is InChI=1S/C11H26N4O/c1-10(2)15(3)9-5-4-7-13-8-6-11(12)14-16/h10,13,16H,4-9H2,1-3H3,(H2,12,14). The molecule has 0 aliphatic heterocycles. The normalized spacial score (nSPS) is 12.7. The molecule has 0 unspecified atom stereocenters. The average Bonchev–Trinajstić information content (AvgIpc) is 2.26. The van der Waals surface area contributed by atoms with E-state index in [2.05, 4.69) is 36.3 Å². The first-order chi connectivity index (χ1) is 7.57. The smallest absolute Gasteiger partial charge is 0.140 e. The van der Waals surface area contributed by atoms with Crippen LogP contribution in [0, 0.1) is 0 Å². The fraction of sp³-hybridized carbons (Fsp3) is 0.909. The zero-order valence-electron chi connectivity index (χ0n) is 10.7. The highest BCUT2D eigenvalue weighted by Crippen LogP contribution is 1.97. The van der Waals surface area contributed by atoms with Gasteiger partial charge in [0.15, 0.2) is 0 Å². The lowest BCUT2D eigenvalue weighted by atomic mass is 10.2. The summed E-state index contributed by atoms with van der Waals surface area (Å²) in [6.45, 7) is 7.31. The highest BCUT2D eigenvalue weighted by atomic mass is 16.4. The van der Waals surface area contributed by atoms with Gasteiger partial charge in [-0.05, 0) is 46.8 Å². The predicted molar refractivity (Wildman–Crippen MR) is 67.9 cm³/mol. The van der Waals surface area contributed by atoms with Gasteiger partial charge in [-0.2, -0.15) is 0 Å². The second-order valence-corrected chi connectivity index (χ2v) is 4.37. The monoisotopic (exact) mass is 230 g/mol. The van der Waals surface area contributed by atoms with E-state index in [1.54, 1.807) is 0 Å². The van der Waals surface area contributed by atoms with Crippen LogP contribution in [0.5, 0.6) is 0 Å². The lowest BCUT2D eigenvalue weighted by molar-refractivity contribution is 0.268. The van der Waals surface area contributed by atoms with Crippen molar-refractivity contribution in [3.05, 3.63) is 0 Å². The average molecular weight is 230 g/mol. The summed E-state index contributed by atoms with van der Waals surface area (Å²) in [5.41, 5.74) is 5.34. The quantitative estimate of drug-likeness (QED) is 0.180. The SMILES string of the molecule is CC(C)N(C)CCCCNCCC(N)=NO. The van der Waals surface area contributed by atoms with Crippen LogP contribution in [0.3, 0.4) is 0 Å². The molecule has 0 saturated heterocycles. The number of unbranched alkanes of at least 4 members (excludes halogenated alkanes) is 1. The minimum absolute atomic E-state index is 0.284. The Bertz CT molecular complexity index is 194. The van der Waals surface area contributed by atoms with E-state index in [1.807, 2.05) is 0 Å². The van der Waals surface area contributed by atoms with E-state index in [9.17, 15) is 0 Å². The van der Waals surface area contributed by atoms with Crippen LogP contribution in [0.2, 0.25) is 0 Å². The van der Waals surface area contributed by atoms with Crippen LogP contribution >= 0.6 is 0 Å². The third-order valence-corrected chi connectivity index (χ3v) is 2.68. The van der Waals surface area contributed by atoms with Gasteiger partial charge >= 0.3 is 0 Å². The number of nitrogens with one attached hydrogen (secondary N) is 1. The maximum Gasteiger partial charge on any atom is 0.140 e. The lowest BCUT2D eigenvalue weighted by Gasteiger charge is -2.20. The van der Waals surface area contributed by atoms with Gasteiger partial charge in [0.1, 0.15) is 5.84 Å². The second kappa shape index (κ2) is 9.42. The summed E-state index contributed by atoms with van der Waals surface area (Å²) in [5, 5.41) is 14.5. The topological polar surface area (TPSA) is 73.9 Å². The zero-order chi connectivity index (χ0) is 12.4. The van der Waals surface area contributed by atoms with E-state index < -0.39 is 0 Å². The molecule has 0 aromatic rings. The summed E-state index contributed by atoms with van der Waals surface area (Å²) in [6.07, 6.45) is 2.96. The van der Waals surface area contributed by atoms with Gasteiger partial charge in [-0.3, -0.25) is 0 Å². The summed E-state index contributed by atoms with van der Waals surface area (Å²) < 4.78 is 0. The third-order valence-electron chi connectivity index (χ3n) is 2.68. The Balaban J connectivity index is 3.22. The molecule has 0 rings (SSSR count). The molecule has 0 aliphatic carbocycles. The van der Waals surface area contributed by atoms with Crippen molar-refractivity contribution in [2.24, 2.45) is 10.9 Å². The summed E-state index contributed by atoms with van der Waals surface area (Å²) in [7, 11) is 2.15. The van der Waals surface area contributed by atoms with Crippen molar-refractivity contribution in [2.45, 2.75) is 39.2 Å². The Morgan fingerprint density at radius 2 is 2.06 bits per heavy atom. The number of oxime groups is 1. The van der Waals surface area contributed by atoms with Gasteiger partial charge < -0.3 is 21.2 Å². The van der Waals surface area contributed by atoms with Gasteiger partial charge in [-0.15, -0.1) is 0 Å². The van der Waals surface area contributed by atoms with Crippen LogP contribution in [-0.2, 0) is 0 Å². The molecule has 0 aromatic heterocycles. The van der Waals surface area contributed by atoms with Crippen molar-refractivity contribution < 1.29 is 5.21 Å². The second-order valence-electron chi connectivity index (χ2n) is 4.37. The van der Waals surface area contributed by atoms with Crippen LogP contribution in [-0.4, -0.2) is 48.7 Å². The van der Waals surface area contributed by atoms with E-state index in [-0.39, 0.29) is 5.84 Å².